The molecule has 0 bridgehead atoms. The maximum absolute atomic E-state index is 11.9. The summed E-state index contributed by atoms with van der Waals surface area (Å²) in [4.78, 5) is 11.9. The Kier molecular flexibility index (Phi) is 4.12. The van der Waals surface area contributed by atoms with Crippen LogP contribution in [-0.4, -0.2) is 18.0 Å². The Morgan fingerprint density at radius 3 is 2.69 bits per heavy atom. The smallest absolute Gasteiger partial charge is 0.225 e. The second-order valence-electron chi connectivity index (χ2n) is 4.96. The SMILES string of the molecule is CC(C)(C)NC(=O)C(CN)Cc1ccco1. The Balaban J connectivity index is 2.57. The molecule has 1 unspecified atom stereocenters. The molecular formula is C12H20N2O2. The van der Waals surface area contributed by atoms with Crippen LogP contribution < -0.4 is 11.1 Å². The largest absolute Gasteiger partial charge is 0.469 e. The molecule has 0 aliphatic heterocycles. The van der Waals surface area contributed by atoms with Crippen molar-refractivity contribution in [2.75, 3.05) is 6.54 Å². The van der Waals surface area contributed by atoms with E-state index in [0.29, 0.717) is 13.0 Å². The van der Waals surface area contributed by atoms with Gasteiger partial charge < -0.3 is 15.5 Å². The van der Waals surface area contributed by atoms with Gasteiger partial charge in [-0.1, -0.05) is 0 Å². The van der Waals surface area contributed by atoms with E-state index in [0.717, 1.165) is 5.76 Å². The Labute approximate surface area is 96.2 Å². The number of hydrogen-bond acceptors (Lipinski definition) is 3. The van der Waals surface area contributed by atoms with Crippen molar-refractivity contribution in [2.45, 2.75) is 32.7 Å². The molecule has 0 aliphatic rings. The van der Waals surface area contributed by atoms with Crippen molar-refractivity contribution in [3.8, 4) is 0 Å². The molecule has 4 nitrogen and oxygen atoms in total. The van der Waals surface area contributed by atoms with Crippen LogP contribution in [0.3, 0.4) is 0 Å². The van der Waals surface area contributed by atoms with Crippen molar-refractivity contribution >= 4 is 5.91 Å². The summed E-state index contributed by atoms with van der Waals surface area (Å²) in [7, 11) is 0. The van der Waals surface area contributed by atoms with Gasteiger partial charge in [-0.2, -0.15) is 0 Å². The fraction of sp³-hybridized carbons (Fsp3) is 0.583. The van der Waals surface area contributed by atoms with Gasteiger partial charge in [0.25, 0.3) is 0 Å². The molecule has 1 amide bonds. The first-order valence-electron chi connectivity index (χ1n) is 5.47. The van der Waals surface area contributed by atoms with Gasteiger partial charge in [0.2, 0.25) is 5.91 Å². The summed E-state index contributed by atoms with van der Waals surface area (Å²) >= 11 is 0. The summed E-state index contributed by atoms with van der Waals surface area (Å²) < 4.78 is 5.21. The number of amides is 1. The van der Waals surface area contributed by atoms with Gasteiger partial charge in [0, 0.05) is 18.5 Å². The van der Waals surface area contributed by atoms with E-state index in [-0.39, 0.29) is 17.4 Å². The van der Waals surface area contributed by atoms with Gasteiger partial charge in [0.05, 0.1) is 12.2 Å². The topological polar surface area (TPSA) is 68.3 Å². The van der Waals surface area contributed by atoms with Crippen LogP contribution in [0.4, 0.5) is 0 Å². The van der Waals surface area contributed by atoms with Gasteiger partial charge in [-0.05, 0) is 32.9 Å². The van der Waals surface area contributed by atoms with Gasteiger partial charge in [0.15, 0.2) is 0 Å². The molecule has 0 spiro atoms. The zero-order chi connectivity index (χ0) is 12.2. The lowest BCUT2D eigenvalue weighted by molar-refractivity contribution is -0.126. The Morgan fingerprint density at radius 1 is 1.56 bits per heavy atom. The number of furan rings is 1. The highest BCUT2D eigenvalue weighted by molar-refractivity contribution is 5.79. The van der Waals surface area contributed by atoms with Crippen LogP contribution in [0.1, 0.15) is 26.5 Å². The highest BCUT2D eigenvalue weighted by Crippen LogP contribution is 2.10. The summed E-state index contributed by atoms with van der Waals surface area (Å²) in [6.45, 7) is 6.17. The minimum absolute atomic E-state index is 0.0219. The first kappa shape index (κ1) is 12.8. The first-order valence-corrected chi connectivity index (χ1v) is 5.47. The quantitative estimate of drug-likeness (QED) is 0.810. The lowest BCUT2D eigenvalue weighted by atomic mass is 10.0. The molecule has 1 atom stereocenters. The standard InChI is InChI=1S/C12H20N2O2/c1-12(2,3)14-11(15)9(8-13)7-10-5-4-6-16-10/h4-6,9H,7-8,13H2,1-3H3,(H,14,15). The molecule has 0 aliphatic carbocycles. The van der Waals surface area contributed by atoms with Crippen LogP contribution in [0.5, 0.6) is 0 Å². The van der Waals surface area contributed by atoms with E-state index in [1.807, 2.05) is 32.9 Å². The van der Waals surface area contributed by atoms with Crippen LogP contribution >= 0.6 is 0 Å². The normalized spacial score (nSPS) is 13.5. The van der Waals surface area contributed by atoms with E-state index in [2.05, 4.69) is 5.32 Å². The van der Waals surface area contributed by atoms with E-state index < -0.39 is 0 Å². The molecule has 1 aromatic rings. The second-order valence-corrected chi connectivity index (χ2v) is 4.96. The molecule has 1 heterocycles. The number of nitrogens with two attached hydrogens (primary N) is 1. The number of hydrogen-bond donors (Lipinski definition) is 2. The predicted octanol–water partition coefficient (Wildman–Crippen LogP) is 1.31. The summed E-state index contributed by atoms with van der Waals surface area (Å²) in [5.74, 6) is 0.538. The molecule has 0 radical (unpaired) electrons. The molecule has 1 rings (SSSR count). The predicted molar refractivity (Wildman–Crippen MR) is 62.9 cm³/mol. The minimum Gasteiger partial charge on any atom is -0.469 e. The molecule has 0 saturated carbocycles. The fourth-order valence-electron chi connectivity index (χ4n) is 1.43. The summed E-state index contributed by atoms with van der Waals surface area (Å²) in [6, 6.07) is 3.66. The average Bonchev–Trinajstić information content (AvgIpc) is 2.63. The Bertz CT molecular complexity index is 325. The number of carbonyl (C=O) groups is 1. The van der Waals surface area contributed by atoms with Crippen molar-refractivity contribution in [1.29, 1.82) is 0 Å². The van der Waals surface area contributed by atoms with Crippen LogP contribution in [0.15, 0.2) is 22.8 Å². The van der Waals surface area contributed by atoms with Crippen LogP contribution in [0.2, 0.25) is 0 Å². The molecule has 0 fully saturated rings. The minimum atomic E-state index is -0.231. The van der Waals surface area contributed by atoms with Crippen LogP contribution in [-0.2, 0) is 11.2 Å². The molecule has 0 saturated heterocycles. The van der Waals surface area contributed by atoms with Gasteiger partial charge >= 0.3 is 0 Å². The summed E-state index contributed by atoms with van der Waals surface area (Å²) in [5, 5.41) is 2.92. The molecule has 0 aromatic carbocycles. The van der Waals surface area contributed by atoms with E-state index in [1.165, 1.54) is 0 Å². The first-order chi connectivity index (χ1) is 7.42. The van der Waals surface area contributed by atoms with Crippen LogP contribution in [0.25, 0.3) is 0 Å². The maximum atomic E-state index is 11.9. The van der Waals surface area contributed by atoms with Crippen molar-refractivity contribution in [3.05, 3.63) is 24.2 Å². The monoisotopic (exact) mass is 224 g/mol. The lowest BCUT2D eigenvalue weighted by Crippen LogP contribution is -2.46. The molecule has 1 aromatic heterocycles. The fourth-order valence-corrected chi connectivity index (χ4v) is 1.43. The zero-order valence-electron chi connectivity index (χ0n) is 10.1. The Hall–Kier alpha value is -1.29. The molecule has 16 heavy (non-hydrogen) atoms. The van der Waals surface area contributed by atoms with Crippen molar-refractivity contribution < 1.29 is 9.21 Å². The summed E-state index contributed by atoms with van der Waals surface area (Å²) in [6.07, 6.45) is 2.15. The molecule has 90 valence electrons. The average molecular weight is 224 g/mol. The van der Waals surface area contributed by atoms with E-state index in [4.69, 9.17) is 10.2 Å². The second kappa shape index (κ2) is 5.16. The van der Waals surface area contributed by atoms with Crippen LogP contribution in [0, 0.1) is 5.92 Å². The van der Waals surface area contributed by atoms with E-state index in [9.17, 15) is 4.79 Å². The van der Waals surface area contributed by atoms with Gasteiger partial charge in [-0.3, -0.25) is 4.79 Å². The molecule has 3 N–H and O–H groups in total. The third-order valence-electron chi connectivity index (χ3n) is 2.18. The maximum Gasteiger partial charge on any atom is 0.225 e. The summed E-state index contributed by atoms with van der Waals surface area (Å²) in [5.41, 5.74) is 5.38. The van der Waals surface area contributed by atoms with Crippen molar-refractivity contribution in [1.82, 2.24) is 5.32 Å². The highest BCUT2D eigenvalue weighted by atomic mass is 16.3. The third kappa shape index (κ3) is 4.06. The Morgan fingerprint density at radius 2 is 2.25 bits per heavy atom. The number of rotatable bonds is 4. The van der Waals surface area contributed by atoms with Gasteiger partial charge in [-0.15, -0.1) is 0 Å². The van der Waals surface area contributed by atoms with Gasteiger partial charge in [0.1, 0.15) is 5.76 Å². The van der Waals surface area contributed by atoms with E-state index >= 15 is 0 Å². The molecule has 4 heteroatoms. The van der Waals surface area contributed by atoms with Crippen molar-refractivity contribution in [3.63, 3.8) is 0 Å². The lowest BCUT2D eigenvalue weighted by Gasteiger charge is -2.23. The highest BCUT2D eigenvalue weighted by Gasteiger charge is 2.22. The number of nitrogens with one attached hydrogen (secondary N) is 1. The number of carbonyl (C=O) groups excluding carboxylic acids is 1. The van der Waals surface area contributed by atoms with Crippen molar-refractivity contribution in [2.24, 2.45) is 11.7 Å². The third-order valence-corrected chi connectivity index (χ3v) is 2.18. The van der Waals surface area contributed by atoms with Gasteiger partial charge in [-0.25, -0.2) is 0 Å². The molecular weight excluding hydrogens is 204 g/mol. The zero-order valence-corrected chi connectivity index (χ0v) is 10.1. The van der Waals surface area contributed by atoms with E-state index in [1.54, 1.807) is 6.26 Å².